The summed E-state index contributed by atoms with van der Waals surface area (Å²) in [6.07, 6.45) is 2.30. The Hall–Kier alpha value is -2.17. The molecular formula is C22H28N2O2. The predicted octanol–water partition coefficient (Wildman–Crippen LogP) is 2.98. The maximum Gasteiger partial charge on any atom is 0.234 e. The van der Waals surface area contributed by atoms with E-state index in [0.29, 0.717) is 13.2 Å². The van der Waals surface area contributed by atoms with Crippen LogP contribution in [0.1, 0.15) is 24.0 Å². The number of methoxy groups -OCH3 is 1. The van der Waals surface area contributed by atoms with Gasteiger partial charge in [-0.25, -0.2) is 0 Å². The minimum atomic E-state index is 0.0826. The Morgan fingerprint density at radius 1 is 1.08 bits per heavy atom. The van der Waals surface area contributed by atoms with Crippen molar-refractivity contribution >= 4 is 5.91 Å². The van der Waals surface area contributed by atoms with E-state index in [0.717, 1.165) is 32.5 Å². The molecule has 1 saturated carbocycles. The summed E-state index contributed by atoms with van der Waals surface area (Å²) in [5.41, 5.74) is 2.69. The Bertz CT molecular complexity index is 684. The molecule has 2 aromatic rings. The number of benzene rings is 2. The molecule has 4 nitrogen and oxygen atoms in total. The number of carbonyl (C=O) groups is 1. The summed E-state index contributed by atoms with van der Waals surface area (Å²) in [4.78, 5) is 14.7. The highest BCUT2D eigenvalue weighted by atomic mass is 16.5. The first kappa shape index (κ1) is 18.6. The second-order valence-electron chi connectivity index (χ2n) is 7.11. The first-order chi connectivity index (χ1) is 12.7. The van der Waals surface area contributed by atoms with E-state index in [-0.39, 0.29) is 11.3 Å². The van der Waals surface area contributed by atoms with Crippen LogP contribution in [0, 0.1) is 0 Å². The molecule has 0 radical (unpaired) electrons. The van der Waals surface area contributed by atoms with Crippen molar-refractivity contribution in [1.29, 1.82) is 0 Å². The molecule has 0 atom stereocenters. The monoisotopic (exact) mass is 352 g/mol. The van der Waals surface area contributed by atoms with E-state index in [9.17, 15) is 4.79 Å². The van der Waals surface area contributed by atoms with Gasteiger partial charge in [0, 0.05) is 32.2 Å². The summed E-state index contributed by atoms with van der Waals surface area (Å²) >= 11 is 0. The molecule has 1 aliphatic carbocycles. The van der Waals surface area contributed by atoms with Crippen LogP contribution in [-0.4, -0.2) is 44.2 Å². The zero-order chi connectivity index (χ0) is 18.2. The van der Waals surface area contributed by atoms with E-state index in [1.807, 2.05) is 24.3 Å². The molecule has 138 valence electrons. The maximum absolute atomic E-state index is 12.5. The average Bonchev–Trinajstić information content (AvgIpc) is 3.47. The molecule has 1 N–H and O–H groups in total. The van der Waals surface area contributed by atoms with Crippen LogP contribution in [0.15, 0.2) is 60.7 Å². The number of nitrogens with zero attached hydrogens (tertiary/aromatic N) is 1. The molecule has 0 spiro atoms. The second kappa shape index (κ2) is 8.97. The molecule has 1 aliphatic rings. The zero-order valence-corrected chi connectivity index (χ0v) is 15.5. The molecule has 0 aliphatic heterocycles. The average molecular weight is 352 g/mol. The van der Waals surface area contributed by atoms with Crippen molar-refractivity contribution < 1.29 is 9.53 Å². The number of hydrogen-bond acceptors (Lipinski definition) is 3. The van der Waals surface area contributed by atoms with Gasteiger partial charge >= 0.3 is 0 Å². The largest absolute Gasteiger partial charge is 0.383 e. The summed E-state index contributed by atoms with van der Waals surface area (Å²) in [6.45, 7) is 3.22. The van der Waals surface area contributed by atoms with Gasteiger partial charge in [-0.05, 0) is 24.0 Å². The second-order valence-corrected chi connectivity index (χ2v) is 7.11. The van der Waals surface area contributed by atoms with Gasteiger partial charge in [0.25, 0.3) is 0 Å². The first-order valence-corrected chi connectivity index (χ1v) is 9.29. The molecule has 1 amide bonds. The van der Waals surface area contributed by atoms with Gasteiger partial charge in [-0.3, -0.25) is 9.69 Å². The van der Waals surface area contributed by atoms with Crippen molar-refractivity contribution in [2.24, 2.45) is 0 Å². The van der Waals surface area contributed by atoms with Crippen LogP contribution in [0.5, 0.6) is 0 Å². The van der Waals surface area contributed by atoms with Crippen molar-refractivity contribution in [1.82, 2.24) is 10.2 Å². The third-order valence-electron chi connectivity index (χ3n) is 5.09. The summed E-state index contributed by atoms with van der Waals surface area (Å²) in [6, 6.07) is 20.8. The lowest BCUT2D eigenvalue weighted by molar-refractivity contribution is -0.122. The molecule has 1 fully saturated rings. The van der Waals surface area contributed by atoms with Gasteiger partial charge in [0.15, 0.2) is 0 Å². The molecule has 0 aromatic heterocycles. The van der Waals surface area contributed by atoms with Crippen molar-refractivity contribution in [2.75, 3.05) is 33.4 Å². The molecule has 4 heteroatoms. The van der Waals surface area contributed by atoms with Crippen LogP contribution in [-0.2, 0) is 21.5 Å². The van der Waals surface area contributed by atoms with Crippen LogP contribution in [0.4, 0.5) is 0 Å². The molecule has 3 rings (SSSR count). The van der Waals surface area contributed by atoms with Gasteiger partial charge in [0.1, 0.15) is 0 Å². The minimum absolute atomic E-state index is 0.0826. The lowest BCUT2D eigenvalue weighted by atomic mass is 9.96. The van der Waals surface area contributed by atoms with Gasteiger partial charge in [-0.15, -0.1) is 0 Å². The third kappa shape index (κ3) is 5.16. The highest BCUT2D eigenvalue weighted by Gasteiger charge is 2.44. The van der Waals surface area contributed by atoms with E-state index in [2.05, 4.69) is 46.6 Å². The molecule has 0 heterocycles. The molecule has 0 saturated heterocycles. The molecule has 2 aromatic carbocycles. The van der Waals surface area contributed by atoms with Crippen LogP contribution < -0.4 is 5.32 Å². The number of carbonyl (C=O) groups excluding carboxylic acids is 1. The molecule has 26 heavy (non-hydrogen) atoms. The number of nitrogens with one attached hydrogen (secondary N) is 1. The van der Waals surface area contributed by atoms with Crippen molar-refractivity contribution in [3.8, 4) is 0 Å². The highest BCUT2D eigenvalue weighted by molar-refractivity contribution is 5.78. The Labute approximate surface area is 156 Å². The fourth-order valence-corrected chi connectivity index (χ4v) is 3.31. The van der Waals surface area contributed by atoms with Crippen LogP contribution in [0.25, 0.3) is 0 Å². The Morgan fingerprint density at radius 2 is 1.73 bits per heavy atom. The molecule has 0 bridgehead atoms. The number of rotatable bonds is 10. The zero-order valence-electron chi connectivity index (χ0n) is 15.5. The highest BCUT2D eigenvalue weighted by Crippen LogP contribution is 2.47. The van der Waals surface area contributed by atoms with Gasteiger partial charge in [-0.1, -0.05) is 60.7 Å². The van der Waals surface area contributed by atoms with Gasteiger partial charge in [-0.2, -0.15) is 0 Å². The Morgan fingerprint density at radius 3 is 2.35 bits per heavy atom. The fraction of sp³-hybridized carbons (Fsp3) is 0.409. The number of ether oxygens (including phenoxy) is 1. The van der Waals surface area contributed by atoms with E-state index in [4.69, 9.17) is 4.74 Å². The summed E-state index contributed by atoms with van der Waals surface area (Å²) in [5, 5.41) is 3.16. The Balaban J connectivity index is 1.52. The van der Waals surface area contributed by atoms with Crippen molar-refractivity contribution in [3.05, 3.63) is 71.8 Å². The van der Waals surface area contributed by atoms with Gasteiger partial charge < -0.3 is 10.1 Å². The molecular weight excluding hydrogens is 324 g/mol. The predicted molar refractivity (Wildman–Crippen MR) is 104 cm³/mol. The van der Waals surface area contributed by atoms with Crippen LogP contribution in [0.2, 0.25) is 0 Å². The van der Waals surface area contributed by atoms with E-state index >= 15 is 0 Å². The summed E-state index contributed by atoms with van der Waals surface area (Å²) < 4.78 is 5.20. The minimum Gasteiger partial charge on any atom is -0.383 e. The van der Waals surface area contributed by atoms with Crippen molar-refractivity contribution in [3.63, 3.8) is 0 Å². The number of hydrogen-bond donors (Lipinski definition) is 1. The quantitative estimate of drug-likeness (QED) is 0.715. The third-order valence-corrected chi connectivity index (χ3v) is 5.09. The summed E-state index contributed by atoms with van der Waals surface area (Å²) in [7, 11) is 1.69. The summed E-state index contributed by atoms with van der Waals surface area (Å²) in [5.74, 6) is 0.0826. The van der Waals surface area contributed by atoms with E-state index in [1.165, 1.54) is 11.1 Å². The Kier molecular flexibility index (Phi) is 6.42. The van der Waals surface area contributed by atoms with E-state index < -0.39 is 0 Å². The fourth-order valence-electron chi connectivity index (χ4n) is 3.31. The number of amides is 1. The lowest BCUT2D eigenvalue weighted by Gasteiger charge is -2.23. The van der Waals surface area contributed by atoms with Gasteiger partial charge in [0.2, 0.25) is 5.91 Å². The van der Waals surface area contributed by atoms with Gasteiger partial charge in [0.05, 0.1) is 13.2 Å². The van der Waals surface area contributed by atoms with Crippen molar-refractivity contribution in [2.45, 2.75) is 24.8 Å². The van der Waals surface area contributed by atoms with Crippen LogP contribution in [0.3, 0.4) is 0 Å². The smallest absolute Gasteiger partial charge is 0.234 e. The lowest BCUT2D eigenvalue weighted by Crippen LogP contribution is -2.41. The van der Waals surface area contributed by atoms with E-state index in [1.54, 1.807) is 7.11 Å². The van der Waals surface area contributed by atoms with Crippen LogP contribution >= 0.6 is 0 Å². The molecule has 0 unspecified atom stereocenters. The topological polar surface area (TPSA) is 41.6 Å². The normalized spacial score (nSPS) is 15.0. The maximum atomic E-state index is 12.5. The standard InChI is InChI=1S/C22H28N2O2/c1-26-15-14-24(16-19-8-4-2-5-9-19)17-21(25)23-18-22(12-13-22)20-10-6-3-7-11-20/h2-11H,12-18H2,1H3,(H,23,25). The first-order valence-electron chi connectivity index (χ1n) is 9.29. The SMILES string of the molecule is COCCN(CC(=O)NCC1(c2ccccc2)CC1)Cc1ccccc1.